The van der Waals surface area contributed by atoms with Crippen LogP contribution in [-0.4, -0.2) is 17.6 Å². The second kappa shape index (κ2) is 5.09. The van der Waals surface area contributed by atoms with Crippen LogP contribution in [0.15, 0.2) is 44.9 Å². The largest absolute Gasteiger partial charge is 0.397 e. The molecule has 0 fully saturated rings. The van der Waals surface area contributed by atoms with Gasteiger partial charge in [-0.15, -0.1) is 0 Å². The first-order valence-electron chi connectivity index (χ1n) is 5.88. The summed E-state index contributed by atoms with van der Waals surface area (Å²) in [6, 6.07) is 6.25. The van der Waals surface area contributed by atoms with Crippen molar-refractivity contribution in [3.05, 3.63) is 51.3 Å². The van der Waals surface area contributed by atoms with E-state index in [1.165, 1.54) is 26.2 Å². The molecule has 21 heavy (non-hydrogen) atoms. The van der Waals surface area contributed by atoms with E-state index in [2.05, 4.69) is 4.72 Å². The smallest absolute Gasteiger partial charge is 0.330 e. The Labute approximate surface area is 120 Å². The molecule has 0 radical (unpaired) electrons. The van der Waals surface area contributed by atoms with Gasteiger partial charge >= 0.3 is 5.69 Å². The number of rotatable bonds is 3. The number of sulfonamides is 1. The Bertz CT molecular complexity index is 912. The molecule has 0 atom stereocenters. The third kappa shape index (κ3) is 2.68. The molecule has 0 amide bonds. The summed E-state index contributed by atoms with van der Waals surface area (Å²) in [4.78, 5) is 23.0. The van der Waals surface area contributed by atoms with Crippen molar-refractivity contribution in [1.82, 2.24) is 9.13 Å². The summed E-state index contributed by atoms with van der Waals surface area (Å²) in [5.41, 5.74) is 4.53. The fourth-order valence-electron chi connectivity index (χ4n) is 1.75. The summed E-state index contributed by atoms with van der Waals surface area (Å²) >= 11 is 0. The van der Waals surface area contributed by atoms with Crippen molar-refractivity contribution in [2.24, 2.45) is 14.1 Å². The average Bonchev–Trinajstić information content (AvgIpc) is 2.42. The maximum Gasteiger partial charge on any atom is 0.330 e. The highest BCUT2D eigenvalue weighted by atomic mass is 32.2. The lowest BCUT2D eigenvalue weighted by Gasteiger charge is -2.11. The van der Waals surface area contributed by atoms with Crippen LogP contribution in [0.3, 0.4) is 0 Å². The van der Waals surface area contributed by atoms with Gasteiger partial charge in [0.05, 0.1) is 11.4 Å². The molecule has 0 bridgehead atoms. The molecule has 2 rings (SSSR count). The van der Waals surface area contributed by atoms with Crippen molar-refractivity contribution in [3.63, 3.8) is 0 Å². The molecule has 0 aliphatic carbocycles. The van der Waals surface area contributed by atoms with Crippen molar-refractivity contribution in [2.45, 2.75) is 4.90 Å². The Morgan fingerprint density at radius 3 is 2.38 bits per heavy atom. The van der Waals surface area contributed by atoms with Gasteiger partial charge in [-0.1, -0.05) is 12.1 Å². The number of anilines is 2. The molecule has 0 saturated carbocycles. The lowest BCUT2D eigenvalue weighted by molar-refractivity contribution is 0.589. The van der Waals surface area contributed by atoms with Gasteiger partial charge in [-0.2, -0.15) is 0 Å². The van der Waals surface area contributed by atoms with Gasteiger partial charge in [-0.25, -0.2) is 13.2 Å². The van der Waals surface area contributed by atoms with Gasteiger partial charge in [-0.3, -0.25) is 14.1 Å². The highest BCUT2D eigenvalue weighted by molar-refractivity contribution is 7.92. The monoisotopic (exact) mass is 310 g/mol. The minimum atomic E-state index is -4.15. The van der Waals surface area contributed by atoms with E-state index < -0.39 is 26.2 Å². The number of aryl methyl sites for hydroxylation is 1. The van der Waals surface area contributed by atoms with E-state index in [0.29, 0.717) is 0 Å². The van der Waals surface area contributed by atoms with Crippen LogP contribution in [0.2, 0.25) is 0 Å². The van der Waals surface area contributed by atoms with Crippen molar-refractivity contribution in [1.29, 1.82) is 0 Å². The first-order chi connectivity index (χ1) is 9.74. The Hall–Kier alpha value is -2.55. The predicted molar refractivity (Wildman–Crippen MR) is 78.6 cm³/mol. The first-order valence-corrected chi connectivity index (χ1v) is 7.36. The van der Waals surface area contributed by atoms with Crippen LogP contribution in [-0.2, 0) is 24.1 Å². The van der Waals surface area contributed by atoms with Crippen LogP contribution in [0.1, 0.15) is 0 Å². The molecule has 8 nitrogen and oxygen atoms in total. The van der Waals surface area contributed by atoms with E-state index in [4.69, 9.17) is 5.73 Å². The van der Waals surface area contributed by atoms with Crippen molar-refractivity contribution in [2.75, 3.05) is 10.5 Å². The summed E-state index contributed by atoms with van der Waals surface area (Å²) < 4.78 is 28.6. The van der Waals surface area contributed by atoms with Gasteiger partial charge in [-0.05, 0) is 12.1 Å². The lowest BCUT2D eigenvalue weighted by atomic mass is 10.3. The van der Waals surface area contributed by atoms with Crippen LogP contribution >= 0.6 is 0 Å². The minimum absolute atomic E-state index is 0.161. The summed E-state index contributed by atoms with van der Waals surface area (Å²) in [6.07, 6.45) is 0.978. The summed E-state index contributed by atoms with van der Waals surface area (Å²) in [5.74, 6) is 0. The molecule has 0 unspecified atom stereocenters. The Kier molecular flexibility index (Phi) is 3.60. The lowest BCUT2D eigenvalue weighted by Crippen LogP contribution is -2.40. The van der Waals surface area contributed by atoms with Crippen LogP contribution in [0.25, 0.3) is 0 Å². The summed E-state index contributed by atoms with van der Waals surface area (Å²) in [6.45, 7) is 0. The Balaban J connectivity index is 2.59. The zero-order valence-corrected chi connectivity index (χ0v) is 12.2. The molecule has 1 aromatic heterocycles. The predicted octanol–water partition coefficient (Wildman–Crippen LogP) is -0.533. The molecule has 1 aromatic carbocycles. The molecular formula is C12H14N4O4S. The molecule has 1 heterocycles. The quantitative estimate of drug-likeness (QED) is 0.739. The van der Waals surface area contributed by atoms with Gasteiger partial charge in [0.2, 0.25) is 0 Å². The van der Waals surface area contributed by atoms with Gasteiger partial charge in [0.25, 0.3) is 15.6 Å². The molecule has 112 valence electrons. The number of benzene rings is 1. The van der Waals surface area contributed by atoms with Gasteiger partial charge in [0, 0.05) is 20.3 Å². The number of aromatic nitrogens is 2. The second-order valence-electron chi connectivity index (χ2n) is 4.44. The van der Waals surface area contributed by atoms with E-state index in [1.54, 1.807) is 12.1 Å². The maximum absolute atomic E-state index is 12.3. The number of hydrogen-bond acceptors (Lipinski definition) is 5. The summed E-state index contributed by atoms with van der Waals surface area (Å²) in [7, 11) is -1.58. The highest BCUT2D eigenvalue weighted by Gasteiger charge is 2.22. The highest BCUT2D eigenvalue weighted by Crippen LogP contribution is 2.19. The molecule has 3 N–H and O–H groups in total. The topological polar surface area (TPSA) is 116 Å². The fourth-order valence-corrected chi connectivity index (χ4v) is 3.00. The summed E-state index contributed by atoms with van der Waals surface area (Å²) in [5, 5.41) is 0. The standard InChI is InChI=1S/C12H14N4O4S/c1-15-7-10(11(17)16(2)12(15)18)21(19,20)14-9-6-4-3-5-8(9)13/h3-7,14H,13H2,1-2H3. The fraction of sp³-hybridized carbons (Fsp3) is 0.167. The van der Waals surface area contributed by atoms with E-state index in [0.717, 1.165) is 15.3 Å². The van der Waals surface area contributed by atoms with Crippen LogP contribution < -0.4 is 21.7 Å². The zero-order valence-electron chi connectivity index (χ0n) is 11.4. The second-order valence-corrected chi connectivity index (χ2v) is 6.09. The number of nitrogen functional groups attached to an aromatic ring is 1. The first kappa shape index (κ1) is 14.9. The van der Waals surface area contributed by atoms with Gasteiger partial charge < -0.3 is 10.3 Å². The minimum Gasteiger partial charge on any atom is -0.397 e. The molecule has 0 spiro atoms. The molecule has 0 aliphatic rings. The Morgan fingerprint density at radius 1 is 1.14 bits per heavy atom. The van der Waals surface area contributed by atoms with Gasteiger partial charge in [0.15, 0.2) is 4.90 Å². The van der Waals surface area contributed by atoms with Crippen molar-refractivity contribution in [3.8, 4) is 0 Å². The molecule has 9 heteroatoms. The van der Waals surface area contributed by atoms with Gasteiger partial charge in [0.1, 0.15) is 0 Å². The molecule has 0 aliphatic heterocycles. The van der Waals surface area contributed by atoms with Crippen LogP contribution in [0.5, 0.6) is 0 Å². The van der Waals surface area contributed by atoms with Crippen LogP contribution in [0, 0.1) is 0 Å². The van der Waals surface area contributed by atoms with E-state index in [-0.39, 0.29) is 11.4 Å². The molecule has 0 saturated heterocycles. The third-order valence-corrected chi connectivity index (χ3v) is 4.26. The number of hydrogen-bond donors (Lipinski definition) is 2. The maximum atomic E-state index is 12.3. The Morgan fingerprint density at radius 2 is 1.76 bits per heavy atom. The number of nitrogens with zero attached hydrogens (tertiary/aromatic N) is 2. The normalized spacial score (nSPS) is 11.3. The van der Waals surface area contributed by atoms with E-state index in [1.807, 2.05) is 0 Å². The van der Waals surface area contributed by atoms with Crippen molar-refractivity contribution < 1.29 is 8.42 Å². The molecular weight excluding hydrogens is 296 g/mol. The SMILES string of the molecule is Cn1cc(S(=O)(=O)Nc2ccccc2N)c(=O)n(C)c1=O. The van der Waals surface area contributed by atoms with Crippen LogP contribution in [0.4, 0.5) is 11.4 Å². The molecule has 2 aromatic rings. The third-order valence-electron chi connectivity index (χ3n) is 2.91. The number of para-hydroxylation sites is 2. The average molecular weight is 310 g/mol. The van der Waals surface area contributed by atoms with Crippen molar-refractivity contribution >= 4 is 21.4 Å². The number of nitrogens with one attached hydrogen (secondary N) is 1. The number of nitrogens with two attached hydrogens (primary N) is 1. The zero-order chi connectivity index (χ0) is 15.8. The van der Waals surface area contributed by atoms with E-state index >= 15 is 0 Å². The van der Waals surface area contributed by atoms with E-state index in [9.17, 15) is 18.0 Å².